The van der Waals surface area contributed by atoms with Crippen LogP contribution in [0.25, 0.3) is 0 Å². The van der Waals surface area contributed by atoms with Crippen LogP contribution >= 0.6 is 23.4 Å². The molecule has 6 nitrogen and oxygen atoms in total. The van der Waals surface area contributed by atoms with Gasteiger partial charge in [0.05, 0.1) is 22.0 Å². The molecule has 0 radical (unpaired) electrons. The third kappa shape index (κ3) is 7.20. The molecule has 3 aromatic rings. The first-order valence-electron chi connectivity index (χ1n) is 10.8. The van der Waals surface area contributed by atoms with E-state index in [9.17, 15) is 9.18 Å². The molecule has 0 aliphatic rings. The lowest BCUT2D eigenvalue weighted by molar-refractivity contribution is -0.118. The van der Waals surface area contributed by atoms with Crippen molar-refractivity contribution in [3.8, 4) is 5.75 Å². The predicted molar refractivity (Wildman–Crippen MR) is 136 cm³/mol. The molecule has 9 heteroatoms. The number of nitrogens with zero attached hydrogens (tertiary/aromatic N) is 3. The second kappa shape index (κ2) is 13.0. The van der Waals surface area contributed by atoms with Crippen LogP contribution in [0.2, 0.25) is 5.02 Å². The third-order valence-corrected chi connectivity index (χ3v) is 6.24. The van der Waals surface area contributed by atoms with Gasteiger partial charge in [-0.3, -0.25) is 4.79 Å². The molecular formula is C25H26ClFN4O2S. The van der Waals surface area contributed by atoms with Crippen molar-refractivity contribution < 1.29 is 13.9 Å². The average molecular weight is 501 g/mol. The molecule has 0 saturated heterocycles. The Morgan fingerprint density at radius 1 is 1.21 bits per heavy atom. The lowest BCUT2D eigenvalue weighted by Crippen LogP contribution is -2.22. The lowest BCUT2D eigenvalue weighted by atomic mass is 10.1. The van der Waals surface area contributed by atoms with Crippen LogP contribution in [0.15, 0.2) is 70.9 Å². The molecule has 1 amide bonds. The summed E-state index contributed by atoms with van der Waals surface area (Å²) in [5, 5.41) is 5.13. The highest BCUT2D eigenvalue weighted by atomic mass is 35.5. The number of hydrazone groups is 1. The molecular weight excluding hydrogens is 475 g/mol. The zero-order chi connectivity index (χ0) is 24.3. The first-order valence-corrected chi connectivity index (χ1v) is 12.2. The van der Waals surface area contributed by atoms with E-state index in [-0.39, 0.29) is 23.8 Å². The molecule has 2 aromatic carbocycles. The number of pyridine rings is 1. The summed E-state index contributed by atoms with van der Waals surface area (Å²) in [6, 6.07) is 15.7. The van der Waals surface area contributed by atoms with Gasteiger partial charge in [-0.2, -0.15) is 5.10 Å². The molecule has 0 unspecified atom stereocenters. The van der Waals surface area contributed by atoms with E-state index in [1.165, 1.54) is 24.0 Å². The summed E-state index contributed by atoms with van der Waals surface area (Å²) in [6.45, 7) is 5.74. The summed E-state index contributed by atoms with van der Waals surface area (Å²) in [4.78, 5) is 18.5. The highest BCUT2D eigenvalue weighted by Gasteiger charge is 2.12. The zero-order valence-electron chi connectivity index (χ0n) is 19.0. The SMILES string of the molecule is CCN(CC)c1ccc(/C=N/NC(=O)CSc2ccccn2)c(OCc2c(F)cccc2Cl)c1. The van der Waals surface area contributed by atoms with Crippen LogP contribution in [-0.2, 0) is 11.4 Å². The number of thioether (sulfide) groups is 1. The number of aromatic nitrogens is 1. The minimum absolute atomic E-state index is 0.0406. The Bertz CT molecular complexity index is 1110. The van der Waals surface area contributed by atoms with Crippen molar-refractivity contribution >= 4 is 41.2 Å². The van der Waals surface area contributed by atoms with Crippen molar-refractivity contribution in [3.63, 3.8) is 0 Å². The van der Waals surface area contributed by atoms with E-state index in [0.717, 1.165) is 23.8 Å². The van der Waals surface area contributed by atoms with Gasteiger partial charge >= 0.3 is 0 Å². The maximum absolute atomic E-state index is 14.2. The van der Waals surface area contributed by atoms with Crippen LogP contribution in [0, 0.1) is 5.82 Å². The minimum Gasteiger partial charge on any atom is -0.488 e. The fourth-order valence-electron chi connectivity index (χ4n) is 3.14. The van der Waals surface area contributed by atoms with Gasteiger partial charge in [-0.1, -0.05) is 35.5 Å². The number of amides is 1. The first kappa shape index (κ1) is 25.5. The molecule has 0 aliphatic heterocycles. The topological polar surface area (TPSA) is 66.8 Å². The fraction of sp³-hybridized carbons (Fsp3) is 0.240. The molecule has 0 atom stereocenters. The van der Waals surface area contributed by atoms with Gasteiger partial charge in [-0.05, 0) is 50.2 Å². The molecule has 34 heavy (non-hydrogen) atoms. The predicted octanol–water partition coefficient (Wildman–Crippen LogP) is 5.54. The Kier molecular flexibility index (Phi) is 9.73. The van der Waals surface area contributed by atoms with Crippen LogP contribution < -0.4 is 15.1 Å². The Morgan fingerprint density at radius 2 is 2.03 bits per heavy atom. The van der Waals surface area contributed by atoms with Gasteiger partial charge in [-0.15, -0.1) is 0 Å². The van der Waals surface area contributed by atoms with E-state index in [0.29, 0.717) is 16.3 Å². The van der Waals surface area contributed by atoms with Crippen molar-refractivity contribution in [2.45, 2.75) is 25.5 Å². The molecule has 178 valence electrons. The zero-order valence-corrected chi connectivity index (χ0v) is 20.6. The van der Waals surface area contributed by atoms with Gasteiger partial charge < -0.3 is 9.64 Å². The van der Waals surface area contributed by atoms with E-state index >= 15 is 0 Å². The number of carbonyl (C=O) groups is 1. The smallest absolute Gasteiger partial charge is 0.250 e. The molecule has 0 fully saturated rings. The van der Waals surface area contributed by atoms with Crippen LogP contribution in [-0.4, -0.2) is 35.9 Å². The second-order valence-corrected chi connectivity index (χ2v) is 8.54. The minimum atomic E-state index is -0.430. The molecule has 0 bridgehead atoms. The van der Waals surface area contributed by atoms with Gasteiger partial charge in [-0.25, -0.2) is 14.8 Å². The van der Waals surface area contributed by atoms with Crippen LogP contribution in [0.5, 0.6) is 5.75 Å². The summed E-state index contributed by atoms with van der Waals surface area (Å²) in [6.07, 6.45) is 3.18. The second-order valence-electron chi connectivity index (χ2n) is 7.13. The molecule has 1 heterocycles. The number of hydrogen-bond donors (Lipinski definition) is 1. The van der Waals surface area contributed by atoms with Crippen LogP contribution in [0.3, 0.4) is 0 Å². The van der Waals surface area contributed by atoms with E-state index in [1.807, 2.05) is 36.4 Å². The normalized spacial score (nSPS) is 10.9. The van der Waals surface area contributed by atoms with Crippen molar-refractivity contribution in [1.29, 1.82) is 0 Å². The molecule has 1 N–H and O–H groups in total. The number of ether oxygens (including phenoxy) is 1. The largest absolute Gasteiger partial charge is 0.488 e. The van der Waals surface area contributed by atoms with Crippen molar-refractivity contribution in [3.05, 3.63) is 82.8 Å². The molecule has 3 rings (SSSR count). The third-order valence-electron chi connectivity index (χ3n) is 4.94. The number of anilines is 1. The highest BCUT2D eigenvalue weighted by molar-refractivity contribution is 7.99. The van der Waals surface area contributed by atoms with E-state index in [1.54, 1.807) is 18.3 Å². The van der Waals surface area contributed by atoms with E-state index in [2.05, 4.69) is 34.3 Å². The monoisotopic (exact) mass is 500 g/mol. The number of hydrogen-bond acceptors (Lipinski definition) is 6. The lowest BCUT2D eigenvalue weighted by Gasteiger charge is -2.22. The Morgan fingerprint density at radius 3 is 2.74 bits per heavy atom. The quantitative estimate of drug-likeness (QED) is 0.213. The maximum Gasteiger partial charge on any atom is 0.250 e. The number of benzene rings is 2. The Hall–Kier alpha value is -3.10. The van der Waals surface area contributed by atoms with Crippen molar-refractivity contribution in [2.75, 3.05) is 23.7 Å². The van der Waals surface area contributed by atoms with Gasteiger partial charge in [0.25, 0.3) is 0 Å². The summed E-state index contributed by atoms with van der Waals surface area (Å²) in [5.41, 5.74) is 4.40. The Labute approximate surface area is 208 Å². The first-order chi connectivity index (χ1) is 16.5. The number of halogens is 2. The molecule has 0 saturated carbocycles. The van der Waals surface area contributed by atoms with Crippen LogP contribution in [0.4, 0.5) is 10.1 Å². The number of nitrogens with one attached hydrogen (secondary N) is 1. The summed E-state index contributed by atoms with van der Waals surface area (Å²) in [7, 11) is 0. The summed E-state index contributed by atoms with van der Waals surface area (Å²) < 4.78 is 20.2. The van der Waals surface area contributed by atoms with E-state index in [4.69, 9.17) is 16.3 Å². The standard InChI is InChI=1S/C25H26ClFN4O2S/c1-3-31(4-2)19-12-11-18(15-29-30-24(32)17-34-25-10-5-6-13-28-25)23(14-19)33-16-20-21(26)8-7-9-22(20)27/h5-15H,3-4,16-17H2,1-2H3,(H,30,32)/b29-15+. The molecule has 0 spiro atoms. The van der Waals surface area contributed by atoms with Crippen molar-refractivity contribution in [2.24, 2.45) is 5.10 Å². The number of rotatable bonds is 11. The van der Waals surface area contributed by atoms with E-state index < -0.39 is 5.82 Å². The molecule has 0 aliphatic carbocycles. The van der Waals surface area contributed by atoms with Crippen LogP contribution in [0.1, 0.15) is 25.0 Å². The van der Waals surface area contributed by atoms with Crippen molar-refractivity contribution in [1.82, 2.24) is 10.4 Å². The Balaban J connectivity index is 1.72. The highest BCUT2D eigenvalue weighted by Crippen LogP contribution is 2.27. The maximum atomic E-state index is 14.2. The average Bonchev–Trinajstić information content (AvgIpc) is 2.85. The molecule has 1 aromatic heterocycles. The van der Waals surface area contributed by atoms with Gasteiger partial charge in [0.1, 0.15) is 18.2 Å². The van der Waals surface area contributed by atoms with Gasteiger partial charge in [0, 0.05) is 42.2 Å². The summed E-state index contributed by atoms with van der Waals surface area (Å²) in [5.74, 6) is 0.00170. The number of carbonyl (C=O) groups excluding carboxylic acids is 1. The summed E-state index contributed by atoms with van der Waals surface area (Å²) >= 11 is 7.47. The van der Waals surface area contributed by atoms with Gasteiger partial charge in [0.2, 0.25) is 5.91 Å². The fourth-order valence-corrected chi connectivity index (χ4v) is 4.01. The van der Waals surface area contributed by atoms with Gasteiger partial charge in [0.15, 0.2) is 0 Å².